The van der Waals surface area contributed by atoms with Crippen molar-refractivity contribution >= 4 is 22.4 Å². The summed E-state index contributed by atoms with van der Waals surface area (Å²) in [6.07, 6.45) is 1.42. The third kappa shape index (κ3) is 8.26. The second-order valence-corrected chi connectivity index (χ2v) is 11.3. The van der Waals surface area contributed by atoms with Gasteiger partial charge in [-0.2, -0.15) is 0 Å². The Balaban J connectivity index is 1.23. The van der Waals surface area contributed by atoms with Crippen molar-refractivity contribution in [3.63, 3.8) is 0 Å². The fraction of sp³-hybridized carbons (Fsp3) is 0.379. The van der Waals surface area contributed by atoms with Crippen LogP contribution in [0.15, 0.2) is 78.9 Å². The standard InChI is InChI=1S/C29H35ClN2O2S/c30-27-13-11-25(12-14-27)29-10-5-4-9-26(29)23-35(34)20-19-31-15-6-16-32(18-17-31)22-28(33)21-24-7-2-1-3-8-24/h1-5,7-14,28,33H,6,15-23H2. The van der Waals surface area contributed by atoms with Crippen LogP contribution in [0.4, 0.5) is 0 Å². The fourth-order valence-corrected chi connectivity index (χ4v) is 6.04. The lowest BCUT2D eigenvalue weighted by Crippen LogP contribution is -2.37. The lowest BCUT2D eigenvalue weighted by molar-refractivity contribution is 0.114. The first-order valence-corrected chi connectivity index (χ1v) is 14.3. The van der Waals surface area contributed by atoms with E-state index in [1.165, 1.54) is 5.56 Å². The molecule has 186 valence electrons. The maximum Gasteiger partial charge on any atom is 0.0707 e. The van der Waals surface area contributed by atoms with Gasteiger partial charge in [-0.1, -0.05) is 78.3 Å². The molecule has 6 heteroatoms. The first kappa shape index (κ1) is 26.1. The van der Waals surface area contributed by atoms with Crippen LogP contribution >= 0.6 is 11.6 Å². The Bertz CT molecular complexity index is 1080. The maximum absolute atomic E-state index is 13.0. The minimum atomic E-state index is -0.929. The molecule has 1 N–H and O–H groups in total. The van der Waals surface area contributed by atoms with Crippen LogP contribution < -0.4 is 0 Å². The van der Waals surface area contributed by atoms with E-state index in [0.717, 1.165) is 60.9 Å². The van der Waals surface area contributed by atoms with Crippen molar-refractivity contribution in [2.45, 2.75) is 24.7 Å². The third-order valence-corrected chi connectivity index (χ3v) is 8.11. The summed E-state index contributed by atoms with van der Waals surface area (Å²) in [4.78, 5) is 4.79. The summed E-state index contributed by atoms with van der Waals surface area (Å²) >= 11 is 6.05. The summed E-state index contributed by atoms with van der Waals surface area (Å²) in [6.45, 7) is 5.46. The van der Waals surface area contributed by atoms with Gasteiger partial charge in [0.05, 0.1) is 6.10 Å². The Hall–Kier alpha value is -2.02. The number of halogens is 1. The average molecular weight is 511 g/mol. The second-order valence-electron chi connectivity index (χ2n) is 9.29. The summed E-state index contributed by atoms with van der Waals surface area (Å²) in [5, 5.41) is 11.3. The van der Waals surface area contributed by atoms with Gasteiger partial charge < -0.3 is 10.0 Å². The van der Waals surface area contributed by atoms with Crippen molar-refractivity contribution in [2.75, 3.05) is 45.0 Å². The summed E-state index contributed by atoms with van der Waals surface area (Å²) in [5.74, 6) is 1.23. The number of benzene rings is 3. The van der Waals surface area contributed by atoms with Gasteiger partial charge in [-0.05, 0) is 60.3 Å². The van der Waals surface area contributed by atoms with Crippen molar-refractivity contribution < 1.29 is 9.32 Å². The van der Waals surface area contributed by atoms with Gasteiger partial charge in [0.15, 0.2) is 0 Å². The van der Waals surface area contributed by atoms with E-state index in [-0.39, 0.29) is 6.10 Å². The van der Waals surface area contributed by atoms with E-state index in [2.05, 4.69) is 34.1 Å². The van der Waals surface area contributed by atoms with E-state index >= 15 is 0 Å². The monoisotopic (exact) mass is 510 g/mol. The average Bonchev–Trinajstić information content (AvgIpc) is 3.09. The second kappa shape index (κ2) is 13.3. The molecule has 1 fully saturated rings. The number of aliphatic hydroxyl groups excluding tert-OH is 1. The highest BCUT2D eigenvalue weighted by molar-refractivity contribution is 7.84. The van der Waals surface area contributed by atoms with Crippen LogP contribution in [0.1, 0.15) is 17.5 Å². The summed E-state index contributed by atoms with van der Waals surface area (Å²) in [7, 11) is -0.929. The van der Waals surface area contributed by atoms with Crippen LogP contribution in [0.2, 0.25) is 5.02 Å². The molecule has 1 aliphatic heterocycles. The summed E-state index contributed by atoms with van der Waals surface area (Å²) < 4.78 is 13.0. The normalized spacial score (nSPS) is 17.1. The van der Waals surface area contributed by atoms with E-state index in [4.69, 9.17) is 11.6 Å². The first-order chi connectivity index (χ1) is 17.1. The lowest BCUT2D eigenvalue weighted by Gasteiger charge is -2.24. The molecule has 2 unspecified atom stereocenters. The van der Waals surface area contributed by atoms with Crippen molar-refractivity contribution in [3.8, 4) is 11.1 Å². The van der Waals surface area contributed by atoms with Gasteiger partial charge in [-0.3, -0.25) is 9.11 Å². The zero-order chi connectivity index (χ0) is 24.5. The van der Waals surface area contributed by atoms with Gasteiger partial charge in [-0.15, -0.1) is 0 Å². The van der Waals surface area contributed by atoms with E-state index in [9.17, 15) is 9.32 Å². The van der Waals surface area contributed by atoms with Gasteiger partial charge in [0, 0.05) is 53.5 Å². The maximum atomic E-state index is 13.0. The molecule has 35 heavy (non-hydrogen) atoms. The number of β-amino-alcohol motifs (C(OH)–C–C–N with tert-alkyl or cyclic N) is 1. The molecule has 1 saturated heterocycles. The Labute approximate surface area is 217 Å². The Morgan fingerprint density at radius 1 is 0.857 bits per heavy atom. The van der Waals surface area contributed by atoms with Crippen molar-refractivity contribution in [1.29, 1.82) is 0 Å². The highest BCUT2D eigenvalue weighted by Crippen LogP contribution is 2.26. The van der Waals surface area contributed by atoms with E-state index in [1.807, 2.05) is 54.6 Å². The zero-order valence-corrected chi connectivity index (χ0v) is 21.8. The van der Waals surface area contributed by atoms with Crippen LogP contribution in [0.5, 0.6) is 0 Å². The summed E-state index contributed by atoms with van der Waals surface area (Å²) in [6, 6.07) is 26.2. The predicted molar refractivity (Wildman–Crippen MR) is 147 cm³/mol. The Morgan fingerprint density at radius 2 is 1.54 bits per heavy atom. The van der Waals surface area contributed by atoms with E-state index < -0.39 is 10.8 Å². The first-order valence-electron chi connectivity index (χ1n) is 12.4. The van der Waals surface area contributed by atoms with Gasteiger partial charge in [0.2, 0.25) is 0 Å². The Kier molecular flexibility index (Phi) is 9.93. The molecule has 0 spiro atoms. The van der Waals surface area contributed by atoms with Crippen LogP contribution in [0, 0.1) is 0 Å². The molecule has 0 aliphatic carbocycles. The van der Waals surface area contributed by atoms with Crippen LogP contribution in [-0.2, 0) is 23.0 Å². The summed E-state index contributed by atoms with van der Waals surface area (Å²) in [5.41, 5.74) is 4.51. The smallest absolute Gasteiger partial charge is 0.0707 e. The molecule has 3 aromatic rings. The highest BCUT2D eigenvalue weighted by atomic mass is 35.5. The topological polar surface area (TPSA) is 43.8 Å². The van der Waals surface area contributed by atoms with E-state index in [1.54, 1.807) is 0 Å². The van der Waals surface area contributed by atoms with E-state index in [0.29, 0.717) is 24.5 Å². The third-order valence-electron chi connectivity index (χ3n) is 6.59. The number of hydrogen-bond donors (Lipinski definition) is 1. The van der Waals surface area contributed by atoms with Crippen LogP contribution in [-0.4, -0.2) is 70.2 Å². The fourth-order valence-electron chi connectivity index (χ4n) is 4.71. The minimum Gasteiger partial charge on any atom is -0.391 e. The quantitative estimate of drug-likeness (QED) is 0.422. The molecule has 1 aliphatic rings. The number of rotatable bonds is 10. The largest absolute Gasteiger partial charge is 0.391 e. The molecule has 0 saturated carbocycles. The van der Waals surface area contributed by atoms with Gasteiger partial charge >= 0.3 is 0 Å². The SMILES string of the molecule is O=S(CCN1CCCN(CC(O)Cc2ccccc2)CC1)Cc1ccccc1-c1ccc(Cl)cc1. The molecule has 4 rings (SSSR count). The molecule has 0 radical (unpaired) electrons. The minimum absolute atomic E-state index is 0.350. The van der Waals surface area contributed by atoms with Gasteiger partial charge in [0.25, 0.3) is 0 Å². The molecule has 0 amide bonds. The van der Waals surface area contributed by atoms with Crippen LogP contribution in [0.25, 0.3) is 11.1 Å². The van der Waals surface area contributed by atoms with Crippen molar-refractivity contribution in [3.05, 3.63) is 95.0 Å². The van der Waals surface area contributed by atoms with Crippen molar-refractivity contribution in [2.24, 2.45) is 0 Å². The molecule has 3 aromatic carbocycles. The van der Waals surface area contributed by atoms with Gasteiger partial charge in [0.1, 0.15) is 0 Å². The molecular formula is C29H35ClN2O2S. The number of nitrogens with zero attached hydrogens (tertiary/aromatic N) is 2. The zero-order valence-electron chi connectivity index (χ0n) is 20.2. The molecule has 1 heterocycles. The van der Waals surface area contributed by atoms with Crippen LogP contribution in [0.3, 0.4) is 0 Å². The molecule has 2 atom stereocenters. The number of hydrogen-bond acceptors (Lipinski definition) is 4. The highest BCUT2D eigenvalue weighted by Gasteiger charge is 2.18. The molecule has 0 bridgehead atoms. The Morgan fingerprint density at radius 3 is 2.34 bits per heavy atom. The molecular weight excluding hydrogens is 476 g/mol. The van der Waals surface area contributed by atoms with Gasteiger partial charge in [-0.25, -0.2) is 0 Å². The number of aliphatic hydroxyl groups is 1. The molecule has 0 aromatic heterocycles. The van der Waals surface area contributed by atoms with Crippen molar-refractivity contribution in [1.82, 2.24) is 9.80 Å². The molecule has 4 nitrogen and oxygen atoms in total. The predicted octanol–water partition coefficient (Wildman–Crippen LogP) is 4.87. The lowest BCUT2D eigenvalue weighted by atomic mass is 10.0.